The Morgan fingerprint density at radius 3 is 2.37 bits per heavy atom. The van der Waals surface area contributed by atoms with Gasteiger partial charge in [0, 0.05) is 34.6 Å². The van der Waals surface area contributed by atoms with E-state index in [2.05, 4.69) is 29.2 Å². The normalized spacial score (nSPS) is 12.3. The largest absolute Gasteiger partial charge is 0.508 e. The molecule has 4 aromatic rings. The van der Waals surface area contributed by atoms with Crippen molar-refractivity contribution in [2.75, 3.05) is 0 Å². The molecule has 2 aromatic carbocycles. The van der Waals surface area contributed by atoms with Crippen molar-refractivity contribution in [3.63, 3.8) is 0 Å². The van der Waals surface area contributed by atoms with E-state index in [4.69, 9.17) is 9.97 Å². The number of aromatic hydroxyl groups is 1. The Morgan fingerprint density at radius 1 is 0.741 bits per heavy atom. The van der Waals surface area contributed by atoms with Gasteiger partial charge in [0.1, 0.15) is 5.75 Å². The summed E-state index contributed by atoms with van der Waals surface area (Å²) in [6.45, 7) is 0. The number of nitrogens with zero attached hydrogens (tertiary/aromatic N) is 3. The summed E-state index contributed by atoms with van der Waals surface area (Å²) >= 11 is 0. The maximum Gasteiger partial charge on any atom is 0.161 e. The molecule has 5 rings (SSSR count). The van der Waals surface area contributed by atoms with Crippen LogP contribution in [0.4, 0.5) is 0 Å². The van der Waals surface area contributed by atoms with E-state index in [0.29, 0.717) is 5.82 Å². The average Bonchev–Trinajstić information content (AvgIpc) is 2.74. The van der Waals surface area contributed by atoms with Crippen molar-refractivity contribution in [1.29, 1.82) is 0 Å². The van der Waals surface area contributed by atoms with Gasteiger partial charge in [0.25, 0.3) is 0 Å². The second kappa shape index (κ2) is 6.32. The molecule has 0 saturated carbocycles. The Bertz CT molecular complexity index is 1120. The third-order valence-corrected chi connectivity index (χ3v) is 4.98. The van der Waals surface area contributed by atoms with E-state index in [9.17, 15) is 5.11 Å². The van der Waals surface area contributed by atoms with E-state index in [1.54, 1.807) is 24.5 Å². The molecule has 0 atom stereocenters. The SMILES string of the molecule is Oc1ccc(-c2nc(-c3cccnc3)nc3c2CCc2ccccc2-3)cc1. The fourth-order valence-electron chi connectivity index (χ4n) is 3.65. The minimum atomic E-state index is 0.250. The molecule has 2 aromatic heterocycles. The van der Waals surface area contributed by atoms with Crippen LogP contribution in [0.2, 0.25) is 0 Å². The number of rotatable bonds is 2. The first-order chi connectivity index (χ1) is 13.3. The van der Waals surface area contributed by atoms with Gasteiger partial charge in [0.2, 0.25) is 0 Å². The van der Waals surface area contributed by atoms with Gasteiger partial charge >= 0.3 is 0 Å². The molecule has 0 bridgehead atoms. The van der Waals surface area contributed by atoms with E-state index < -0.39 is 0 Å². The highest BCUT2D eigenvalue weighted by molar-refractivity contribution is 5.79. The lowest BCUT2D eigenvalue weighted by molar-refractivity contribution is 0.475. The average molecular weight is 351 g/mol. The monoisotopic (exact) mass is 351 g/mol. The van der Waals surface area contributed by atoms with E-state index in [1.807, 2.05) is 24.3 Å². The summed E-state index contributed by atoms with van der Waals surface area (Å²) in [4.78, 5) is 14.0. The summed E-state index contributed by atoms with van der Waals surface area (Å²) in [7, 11) is 0. The number of benzene rings is 2. The molecule has 0 spiro atoms. The van der Waals surface area contributed by atoms with Crippen molar-refractivity contribution in [2.24, 2.45) is 0 Å². The zero-order valence-electron chi connectivity index (χ0n) is 14.6. The van der Waals surface area contributed by atoms with Gasteiger partial charge in [-0.1, -0.05) is 24.3 Å². The summed E-state index contributed by atoms with van der Waals surface area (Å²) in [5.41, 5.74) is 7.44. The molecule has 0 amide bonds. The molecule has 130 valence electrons. The van der Waals surface area contributed by atoms with Crippen molar-refractivity contribution in [2.45, 2.75) is 12.8 Å². The van der Waals surface area contributed by atoms with Gasteiger partial charge in [-0.15, -0.1) is 0 Å². The molecule has 2 heterocycles. The van der Waals surface area contributed by atoms with E-state index >= 15 is 0 Å². The molecule has 0 aliphatic heterocycles. The minimum Gasteiger partial charge on any atom is -0.508 e. The third-order valence-electron chi connectivity index (χ3n) is 4.98. The fraction of sp³-hybridized carbons (Fsp3) is 0.0870. The van der Waals surface area contributed by atoms with Gasteiger partial charge in [-0.05, 0) is 54.8 Å². The molecular weight excluding hydrogens is 334 g/mol. The molecule has 0 fully saturated rings. The number of aromatic nitrogens is 3. The Balaban J connectivity index is 1.79. The van der Waals surface area contributed by atoms with Crippen molar-refractivity contribution in [1.82, 2.24) is 15.0 Å². The summed E-state index contributed by atoms with van der Waals surface area (Å²) in [5, 5.41) is 9.66. The summed E-state index contributed by atoms with van der Waals surface area (Å²) in [6.07, 6.45) is 5.41. The van der Waals surface area contributed by atoms with Crippen LogP contribution < -0.4 is 0 Å². The van der Waals surface area contributed by atoms with Crippen LogP contribution in [0.5, 0.6) is 5.75 Å². The van der Waals surface area contributed by atoms with Gasteiger partial charge in [-0.2, -0.15) is 0 Å². The predicted molar refractivity (Wildman–Crippen MR) is 105 cm³/mol. The molecule has 0 radical (unpaired) electrons. The highest BCUT2D eigenvalue weighted by Crippen LogP contribution is 2.38. The molecule has 4 nitrogen and oxygen atoms in total. The summed E-state index contributed by atoms with van der Waals surface area (Å²) < 4.78 is 0. The number of phenols is 1. The topological polar surface area (TPSA) is 58.9 Å². The molecule has 4 heteroatoms. The minimum absolute atomic E-state index is 0.250. The van der Waals surface area contributed by atoms with Crippen LogP contribution in [0.1, 0.15) is 11.1 Å². The molecule has 27 heavy (non-hydrogen) atoms. The van der Waals surface area contributed by atoms with Crippen LogP contribution in [0, 0.1) is 0 Å². The second-order valence-electron chi connectivity index (χ2n) is 6.67. The van der Waals surface area contributed by atoms with Gasteiger partial charge in [0.05, 0.1) is 11.4 Å². The maximum absolute atomic E-state index is 9.66. The second-order valence-corrected chi connectivity index (χ2v) is 6.67. The van der Waals surface area contributed by atoms with Crippen molar-refractivity contribution >= 4 is 0 Å². The smallest absolute Gasteiger partial charge is 0.161 e. The van der Waals surface area contributed by atoms with Crippen LogP contribution in [-0.2, 0) is 12.8 Å². The first-order valence-electron chi connectivity index (χ1n) is 8.98. The van der Waals surface area contributed by atoms with Crippen molar-refractivity contribution in [3.05, 3.63) is 84.2 Å². The van der Waals surface area contributed by atoms with E-state index in [1.165, 1.54) is 11.1 Å². The number of pyridine rings is 1. The van der Waals surface area contributed by atoms with Crippen LogP contribution >= 0.6 is 0 Å². The molecule has 1 aliphatic rings. The maximum atomic E-state index is 9.66. The van der Waals surface area contributed by atoms with Crippen LogP contribution in [-0.4, -0.2) is 20.1 Å². The van der Waals surface area contributed by atoms with Crippen LogP contribution in [0.15, 0.2) is 73.1 Å². The number of hydrogen-bond acceptors (Lipinski definition) is 4. The molecular formula is C23H17N3O. The summed E-state index contributed by atoms with van der Waals surface area (Å²) in [6, 6.07) is 19.5. The first-order valence-corrected chi connectivity index (χ1v) is 8.98. The van der Waals surface area contributed by atoms with E-state index in [-0.39, 0.29) is 5.75 Å². The van der Waals surface area contributed by atoms with Crippen molar-refractivity contribution < 1.29 is 5.11 Å². The lowest BCUT2D eigenvalue weighted by atomic mass is 9.87. The highest BCUT2D eigenvalue weighted by Gasteiger charge is 2.23. The quantitative estimate of drug-likeness (QED) is 0.570. The molecule has 1 N–H and O–H groups in total. The molecule has 1 aliphatic carbocycles. The standard InChI is InChI=1S/C23H17N3O/c27-18-10-7-16(8-11-18)21-20-12-9-15-4-1-2-6-19(15)22(20)26-23(25-21)17-5-3-13-24-14-17/h1-8,10-11,13-14,27H,9,12H2. The van der Waals surface area contributed by atoms with Gasteiger partial charge < -0.3 is 5.11 Å². The van der Waals surface area contributed by atoms with Gasteiger partial charge in [-0.25, -0.2) is 9.97 Å². The number of hydrogen-bond donors (Lipinski definition) is 1. The Kier molecular flexibility index (Phi) is 3.68. The number of phenolic OH excluding ortho intramolecular Hbond substituents is 1. The van der Waals surface area contributed by atoms with E-state index in [0.717, 1.165) is 40.9 Å². The lowest BCUT2D eigenvalue weighted by Crippen LogP contribution is -2.10. The molecule has 0 saturated heterocycles. The highest BCUT2D eigenvalue weighted by atomic mass is 16.3. The Hall–Kier alpha value is -3.53. The zero-order chi connectivity index (χ0) is 18.2. The van der Waals surface area contributed by atoms with Gasteiger partial charge in [0.15, 0.2) is 5.82 Å². The lowest BCUT2D eigenvalue weighted by Gasteiger charge is -2.22. The third kappa shape index (κ3) is 2.75. The number of aryl methyl sites for hydroxylation is 1. The van der Waals surface area contributed by atoms with Crippen LogP contribution in [0.25, 0.3) is 33.9 Å². The molecule has 0 unspecified atom stereocenters. The number of fused-ring (bicyclic) bond motifs is 3. The van der Waals surface area contributed by atoms with Gasteiger partial charge in [-0.3, -0.25) is 4.98 Å². The first kappa shape index (κ1) is 15.7. The fourth-order valence-corrected chi connectivity index (χ4v) is 3.65. The Morgan fingerprint density at radius 2 is 1.56 bits per heavy atom. The van der Waals surface area contributed by atoms with Crippen LogP contribution in [0.3, 0.4) is 0 Å². The Labute approximate surface area is 157 Å². The zero-order valence-corrected chi connectivity index (χ0v) is 14.6. The van der Waals surface area contributed by atoms with Crippen molar-refractivity contribution in [3.8, 4) is 39.7 Å². The summed E-state index contributed by atoms with van der Waals surface area (Å²) in [5.74, 6) is 0.918. The predicted octanol–water partition coefficient (Wildman–Crippen LogP) is 4.68.